The van der Waals surface area contributed by atoms with Crippen LogP contribution in [0.2, 0.25) is 0 Å². The number of benzene rings is 2. The summed E-state index contributed by atoms with van der Waals surface area (Å²) in [4.78, 5) is 27.3. The monoisotopic (exact) mass is 500 g/mol. The molecule has 35 heavy (non-hydrogen) atoms. The number of amides is 2. The maximum atomic E-state index is 13.5. The summed E-state index contributed by atoms with van der Waals surface area (Å²) in [7, 11) is -4.14. The minimum atomic E-state index is -4.14. The Bertz CT molecular complexity index is 1460. The fourth-order valence-corrected chi connectivity index (χ4v) is 5.85. The normalized spacial score (nSPS) is 19.1. The fourth-order valence-electron chi connectivity index (χ4n) is 4.76. The molecule has 3 heterocycles. The number of hydrogen-bond donors (Lipinski definition) is 2. The lowest BCUT2D eigenvalue weighted by molar-refractivity contribution is 0.139. The molecule has 0 saturated carbocycles. The van der Waals surface area contributed by atoms with Gasteiger partial charge in [0, 0.05) is 36.9 Å². The highest BCUT2D eigenvalue weighted by Gasteiger charge is 2.37. The van der Waals surface area contributed by atoms with E-state index >= 15 is 0 Å². The van der Waals surface area contributed by atoms with Crippen LogP contribution in [0.1, 0.15) is 18.0 Å². The number of rotatable bonds is 4. The van der Waals surface area contributed by atoms with Crippen molar-refractivity contribution in [3.63, 3.8) is 0 Å². The average Bonchev–Trinajstić information content (AvgIpc) is 2.82. The molecule has 2 aromatic carbocycles. The van der Waals surface area contributed by atoms with E-state index in [1.807, 2.05) is 0 Å². The van der Waals surface area contributed by atoms with Gasteiger partial charge in [-0.2, -0.15) is 0 Å². The third-order valence-electron chi connectivity index (χ3n) is 6.34. The highest BCUT2D eigenvalue weighted by atomic mass is 32.2. The predicted octanol–water partition coefficient (Wildman–Crippen LogP) is 3.58. The van der Waals surface area contributed by atoms with Crippen molar-refractivity contribution in [3.8, 4) is 0 Å². The first-order chi connectivity index (χ1) is 16.7. The zero-order valence-electron chi connectivity index (χ0n) is 18.4. The largest absolute Gasteiger partial charge is 0.324 e. The van der Waals surface area contributed by atoms with Crippen LogP contribution in [0.15, 0.2) is 70.4 Å². The summed E-state index contributed by atoms with van der Waals surface area (Å²) in [5, 5.41) is 2.77. The second kappa shape index (κ2) is 8.81. The lowest BCUT2D eigenvalue weighted by Gasteiger charge is -2.42. The summed E-state index contributed by atoms with van der Waals surface area (Å²) < 4.78 is 55.8. The average molecular weight is 501 g/mol. The molecular formula is C24H22F2N4O4S. The Labute approximate surface area is 200 Å². The summed E-state index contributed by atoms with van der Waals surface area (Å²) in [6, 6.07) is 12.8. The molecule has 11 heteroatoms. The Morgan fingerprint density at radius 3 is 2.46 bits per heavy atom. The van der Waals surface area contributed by atoms with Crippen molar-refractivity contribution < 1.29 is 22.0 Å². The lowest BCUT2D eigenvalue weighted by atomic mass is 9.83. The van der Waals surface area contributed by atoms with E-state index in [0.29, 0.717) is 25.3 Å². The first-order valence-electron chi connectivity index (χ1n) is 11.0. The molecule has 5 rings (SSSR count). The number of pyridine rings is 1. The Morgan fingerprint density at radius 2 is 1.71 bits per heavy atom. The van der Waals surface area contributed by atoms with Crippen molar-refractivity contribution in [2.75, 3.05) is 23.1 Å². The maximum Gasteiger partial charge on any atom is 0.321 e. The van der Waals surface area contributed by atoms with Gasteiger partial charge in [0.15, 0.2) is 0 Å². The molecule has 2 aliphatic rings. The molecule has 2 atom stereocenters. The van der Waals surface area contributed by atoms with Gasteiger partial charge in [-0.1, -0.05) is 6.07 Å². The molecule has 182 valence electrons. The number of hydrogen-bond acceptors (Lipinski definition) is 4. The Hall–Kier alpha value is -3.73. The van der Waals surface area contributed by atoms with Crippen LogP contribution in [0.4, 0.5) is 25.0 Å². The number of urea groups is 1. The summed E-state index contributed by atoms with van der Waals surface area (Å²) >= 11 is 0. The van der Waals surface area contributed by atoms with Gasteiger partial charge >= 0.3 is 6.03 Å². The predicted molar refractivity (Wildman–Crippen MR) is 126 cm³/mol. The molecule has 0 spiro atoms. The Balaban J connectivity index is 1.35. The first-order valence-corrected chi connectivity index (χ1v) is 12.5. The Morgan fingerprint density at radius 1 is 0.943 bits per heavy atom. The minimum Gasteiger partial charge on any atom is -0.324 e. The Kier molecular flexibility index (Phi) is 5.79. The van der Waals surface area contributed by atoms with Crippen LogP contribution in [-0.2, 0) is 16.6 Å². The molecule has 3 aromatic rings. The standard InChI is InChI=1S/C24H22F2N4O4S/c25-17-4-6-19(7-5-17)27-24(32)29-12-15-10-16(14-29)22-9-8-21(23(31)30(22)13-15)28-35(33,34)20-3-1-2-18(26)11-20/h1-9,11,15-16,28H,10,12-14H2,(H,27,32). The first kappa shape index (κ1) is 23.0. The number of aromatic nitrogens is 1. The van der Waals surface area contributed by atoms with Crippen LogP contribution in [0, 0.1) is 17.6 Å². The van der Waals surface area contributed by atoms with Gasteiger partial charge in [-0.25, -0.2) is 22.0 Å². The molecule has 2 bridgehead atoms. The van der Waals surface area contributed by atoms with Gasteiger partial charge in [-0.3, -0.25) is 9.52 Å². The number of anilines is 2. The van der Waals surface area contributed by atoms with E-state index in [-0.39, 0.29) is 28.4 Å². The van der Waals surface area contributed by atoms with E-state index in [4.69, 9.17) is 0 Å². The number of halogens is 2. The van der Waals surface area contributed by atoms with Gasteiger partial charge in [0.2, 0.25) is 0 Å². The number of carbonyl (C=O) groups is 1. The molecule has 2 N–H and O–H groups in total. The van der Waals surface area contributed by atoms with E-state index in [1.54, 1.807) is 15.5 Å². The second-order valence-electron chi connectivity index (χ2n) is 8.79. The van der Waals surface area contributed by atoms with Crippen molar-refractivity contribution in [1.82, 2.24) is 9.47 Å². The number of piperidine rings is 1. The van der Waals surface area contributed by atoms with Crippen LogP contribution < -0.4 is 15.6 Å². The SMILES string of the molecule is O=C(Nc1ccc(F)cc1)N1CC2CC(C1)c1ccc(NS(=O)(=O)c3cccc(F)c3)c(=O)n1C2. The third kappa shape index (κ3) is 4.63. The van der Waals surface area contributed by atoms with E-state index in [9.17, 15) is 26.8 Å². The molecular weight excluding hydrogens is 478 g/mol. The topological polar surface area (TPSA) is 101 Å². The van der Waals surface area contributed by atoms with Crippen molar-refractivity contribution >= 4 is 27.4 Å². The van der Waals surface area contributed by atoms with E-state index in [1.165, 1.54) is 42.5 Å². The molecule has 2 amide bonds. The van der Waals surface area contributed by atoms with Crippen LogP contribution >= 0.6 is 0 Å². The molecule has 2 unspecified atom stereocenters. The minimum absolute atomic E-state index is 0.00740. The number of sulfonamides is 1. The fraction of sp³-hybridized carbons (Fsp3) is 0.250. The van der Waals surface area contributed by atoms with E-state index in [0.717, 1.165) is 24.2 Å². The van der Waals surface area contributed by atoms with Crippen molar-refractivity contribution in [2.45, 2.75) is 23.8 Å². The molecule has 0 aliphatic carbocycles. The van der Waals surface area contributed by atoms with Crippen molar-refractivity contribution in [3.05, 3.63) is 88.3 Å². The lowest BCUT2D eigenvalue weighted by Crippen LogP contribution is -2.50. The molecule has 8 nitrogen and oxygen atoms in total. The zero-order valence-corrected chi connectivity index (χ0v) is 19.3. The number of likely N-dealkylation sites (tertiary alicyclic amines) is 1. The molecule has 2 aliphatic heterocycles. The number of carbonyl (C=O) groups excluding carboxylic acids is 1. The van der Waals surface area contributed by atoms with E-state index in [2.05, 4.69) is 10.0 Å². The highest BCUT2D eigenvalue weighted by molar-refractivity contribution is 7.92. The van der Waals surface area contributed by atoms with Gasteiger partial charge in [-0.15, -0.1) is 0 Å². The highest BCUT2D eigenvalue weighted by Crippen LogP contribution is 2.35. The van der Waals surface area contributed by atoms with Gasteiger partial charge in [-0.05, 0) is 66.9 Å². The van der Waals surface area contributed by atoms with Gasteiger partial charge in [0.1, 0.15) is 17.3 Å². The zero-order chi connectivity index (χ0) is 24.7. The molecule has 1 fully saturated rings. The number of nitrogens with zero attached hydrogens (tertiary/aromatic N) is 2. The van der Waals surface area contributed by atoms with Crippen LogP contribution in [0.5, 0.6) is 0 Å². The molecule has 0 radical (unpaired) electrons. The molecule has 1 aromatic heterocycles. The summed E-state index contributed by atoms with van der Waals surface area (Å²) in [5.41, 5.74) is 0.600. The third-order valence-corrected chi connectivity index (χ3v) is 7.70. The summed E-state index contributed by atoms with van der Waals surface area (Å²) in [6.45, 7) is 1.15. The maximum absolute atomic E-state index is 13.5. The van der Waals surface area contributed by atoms with Crippen LogP contribution in [0.3, 0.4) is 0 Å². The van der Waals surface area contributed by atoms with Crippen molar-refractivity contribution in [2.24, 2.45) is 5.92 Å². The summed E-state index contributed by atoms with van der Waals surface area (Å²) in [5.74, 6) is -1.18. The van der Waals surface area contributed by atoms with Crippen molar-refractivity contribution in [1.29, 1.82) is 0 Å². The molecule has 1 saturated heterocycles. The number of nitrogens with one attached hydrogen (secondary N) is 2. The second-order valence-corrected chi connectivity index (χ2v) is 10.5. The smallest absolute Gasteiger partial charge is 0.321 e. The van der Waals surface area contributed by atoms with Gasteiger partial charge < -0.3 is 14.8 Å². The van der Waals surface area contributed by atoms with Gasteiger partial charge in [0.05, 0.1) is 4.90 Å². The number of fused-ring (bicyclic) bond motifs is 4. The van der Waals surface area contributed by atoms with Gasteiger partial charge in [0.25, 0.3) is 15.6 Å². The van der Waals surface area contributed by atoms with E-state index < -0.39 is 27.2 Å². The quantitative estimate of drug-likeness (QED) is 0.572. The van der Waals surface area contributed by atoms with Crippen LogP contribution in [-0.4, -0.2) is 37.0 Å². The summed E-state index contributed by atoms with van der Waals surface area (Å²) in [6.07, 6.45) is 0.800. The van der Waals surface area contributed by atoms with Crippen LogP contribution in [0.25, 0.3) is 0 Å².